The second-order valence-electron chi connectivity index (χ2n) is 5.40. The van der Waals surface area contributed by atoms with Crippen LogP contribution in [0.3, 0.4) is 0 Å². The first-order valence-corrected chi connectivity index (χ1v) is 9.39. The van der Waals surface area contributed by atoms with E-state index in [1.54, 1.807) is 7.05 Å². The molecular weight excluding hydrogens is 294 g/mol. The zero-order chi connectivity index (χ0) is 16.2. The maximum Gasteiger partial charge on any atom is 0.191 e. The molecule has 0 aliphatic heterocycles. The predicted octanol–water partition coefficient (Wildman–Crippen LogP) is 2.93. The molecule has 0 radical (unpaired) electrons. The maximum absolute atomic E-state index is 12.1. The number of guanidine groups is 1. The number of nitrogens with zero attached hydrogens (tertiary/aromatic N) is 1. The van der Waals surface area contributed by atoms with E-state index < -0.39 is 10.8 Å². The van der Waals surface area contributed by atoms with Crippen molar-refractivity contribution in [3.05, 3.63) is 30.3 Å². The third-order valence-electron chi connectivity index (χ3n) is 3.43. The van der Waals surface area contributed by atoms with E-state index >= 15 is 0 Å². The van der Waals surface area contributed by atoms with Crippen LogP contribution in [0, 0.1) is 0 Å². The van der Waals surface area contributed by atoms with Crippen molar-refractivity contribution in [2.75, 3.05) is 19.3 Å². The Morgan fingerprint density at radius 1 is 1.27 bits per heavy atom. The quantitative estimate of drug-likeness (QED) is 0.417. The predicted molar refractivity (Wildman–Crippen MR) is 95.8 cm³/mol. The van der Waals surface area contributed by atoms with Crippen LogP contribution in [0.2, 0.25) is 0 Å². The summed E-state index contributed by atoms with van der Waals surface area (Å²) in [7, 11) is 0.800. The van der Waals surface area contributed by atoms with Gasteiger partial charge in [0.2, 0.25) is 0 Å². The fraction of sp³-hybridized carbons (Fsp3) is 0.588. The molecule has 0 fully saturated rings. The molecule has 1 aromatic rings. The molecule has 1 rings (SSSR count). The Hall–Kier alpha value is -1.36. The first-order chi connectivity index (χ1) is 10.7. The largest absolute Gasteiger partial charge is 0.355 e. The molecule has 0 heterocycles. The molecule has 124 valence electrons. The Bertz CT molecular complexity index is 462. The van der Waals surface area contributed by atoms with Gasteiger partial charge < -0.3 is 10.6 Å². The SMILES string of the molecule is CCCCCC(C)NC(=NC)NCCS(=O)c1ccccc1. The van der Waals surface area contributed by atoms with E-state index in [1.165, 1.54) is 19.3 Å². The lowest BCUT2D eigenvalue weighted by molar-refractivity contribution is 0.547. The zero-order valence-electron chi connectivity index (χ0n) is 14.0. The molecule has 0 bridgehead atoms. The van der Waals surface area contributed by atoms with E-state index in [2.05, 4.69) is 29.5 Å². The van der Waals surface area contributed by atoms with E-state index in [9.17, 15) is 4.21 Å². The summed E-state index contributed by atoms with van der Waals surface area (Å²) >= 11 is 0. The molecule has 2 unspecified atom stereocenters. The van der Waals surface area contributed by atoms with Crippen molar-refractivity contribution >= 4 is 16.8 Å². The van der Waals surface area contributed by atoms with Gasteiger partial charge in [-0.15, -0.1) is 0 Å². The van der Waals surface area contributed by atoms with Crippen LogP contribution in [0.5, 0.6) is 0 Å². The molecule has 0 spiro atoms. The zero-order valence-corrected chi connectivity index (χ0v) is 14.8. The number of benzene rings is 1. The highest BCUT2D eigenvalue weighted by atomic mass is 32.2. The third kappa shape index (κ3) is 7.59. The molecule has 0 amide bonds. The summed E-state index contributed by atoms with van der Waals surface area (Å²) in [4.78, 5) is 5.10. The number of aliphatic imine (C=N–C) groups is 1. The van der Waals surface area contributed by atoms with Gasteiger partial charge in [-0.3, -0.25) is 9.20 Å². The van der Waals surface area contributed by atoms with E-state index in [0.29, 0.717) is 18.3 Å². The van der Waals surface area contributed by atoms with Gasteiger partial charge >= 0.3 is 0 Å². The van der Waals surface area contributed by atoms with Gasteiger partial charge in [0.15, 0.2) is 5.96 Å². The minimum atomic E-state index is -0.966. The maximum atomic E-state index is 12.1. The topological polar surface area (TPSA) is 53.5 Å². The van der Waals surface area contributed by atoms with Crippen LogP contribution in [0.4, 0.5) is 0 Å². The minimum Gasteiger partial charge on any atom is -0.355 e. The Labute approximate surface area is 137 Å². The normalized spacial score (nSPS) is 14.4. The molecule has 0 aromatic heterocycles. The highest BCUT2D eigenvalue weighted by Gasteiger charge is 2.06. The van der Waals surface area contributed by atoms with E-state index in [1.807, 2.05) is 30.3 Å². The van der Waals surface area contributed by atoms with Gasteiger partial charge in [0.25, 0.3) is 0 Å². The first-order valence-electron chi connectivity index (χ1n) is 8.08. The molecule has 0 aliphatic rings. The third-order valence-corrected chi connectivity index (χ3v) is 4.81. The molecule has 0 aliphatic carbocycles. The fourth-order valence-corrected chi connectivity index (χ4v) is 3.14. The van der Waals surface area contributed by atoms with Crippen LogP contribution in [0.1, 0.15) is 39.5 Å². The van der Waals surface area contributed by atoms with Gasteiger partial charge in [-0.1, -0.05) is 44.4 Å². The van der Waals surface area contributed by atoms with Gasteiger partial charge in [0, 0.05) is 30.3 Å². The number of hydrogen-bond acceptors (Lipinski definition) is 2. The Balaban J connectivity index is 2.28. The molecule has 0 saturated carbocycles. The van der Waals surface area contributed by atoms with Crippen molar-refractivity contribution in [3.63, 3.8) is 0 Å². The lowest BCUT2D eigenvalue weighted by Crippen LogP contribution is -2.43. The minimum absolute atomic E-state index is 0.400. The Kier molecular flexibility index (Phi) is 9.55. The van der Waals surface area contributed by atoms with Crippen LogP contribution in [0.25, 0.3) is 0 Å². The Morgan fingerprint density at radius 2 is 2.00 bits per heavy atom. The van der Waals surface area contributed by atoms with Gasteiger partial charge in [0.1, 0.15) is 0 Å². The number of hydrogen-bond donors (Lipinski definition) is 2. The highest BCUT2D eigenvalue weighted by Crippen LogP contribution is 2.05. The van der Waals surface area contributed by atoms with Gasteiger partial charge in [-0.2, -0.15) is 0 Å². The Morgan fingerprint density at radius 3 is 2.64 bits per heavy atom. The van der Waals surface area contributed by atoms with E-state index in [-0.39, 0.29) is 0 Å². The standard InChI is InChI=1S/C17H29N3OS/c1-4-5-7-10-15(2)20-17(18-3)19-13-14-22(21)16-11-8-6-9-12-16/h6,8-9,11-12,15H,4-5,7,10,13-14H2,1-3H3,(H2,18,19,20). The monoisotopic (exact) mass is 323 g/mol. The van der Waals surface area contributed by atoms with Crippen LogP contribution >= 0.6 is 0 Å². The molecule has 1 aromatic carbocycles. The first kappa shape index (κ1) is 18.7. The van der Waals surface area contributed by atoms with E-state index in [4.69, 9.17) is 0 Å². The molecular formula is C17H29N3OS. The lowest BCUT2D eigenvalue weighted by atomic mass is 10.1. The van der Waals surface area contributed by atoms with Crippen LogP contribution < -0.4 is 10.6 Å². The van der Waals surface area contributed by atoms with Crippen molar-refractivity contribution in [2.24, 2.45) is 4.99 Å². The van der Waals surface area contributed by atoms with Crippen molar-refractivity contribution < 1.29 is 4.21 Å². The second kappa shape index (κ2) is 11.2. The van der Waals surface area contributed by atoms with Crippen LogP contribution in [-0.4, -0.2) is 35.6 Å². The molecule has 2 N–H and O–H groups in total. The van der Waals surface area contributed by atoms with Crippen LogP contribution in [0.15, 0.2) is 40.2 Å². The van der Waals surface area contributed by atoms with Crippen molar-refractivity contribution in [2.45, 2.75) is 50.5 Å². The summed E-state index contributed by atoms with van der Waals surface area (Å²) in [6.07, 6.45) is 4.89. The van der Waals surface area contributed by atoms with Gasteiger partial charge in [-0.05, 0) is 25.5 Å². The molecule has 0 saturated heterocycles. The van der Waals surface area contributed by atoms with Crippen molar-refractivity contribution in [1.29, 1.82) is 0 Å². The molecule has 2 atom stereocenters. The summed E-state index contributed by atoms with van der Waals surface area (Å²) in [5.41, 5.74) is 0. The summed E-state index contributed by atoms with van der Waals surface area (Å²) in [5.74, 6) is 1.36. The van der Waals surface area contributed by atoms with Crippen molar-refractivity contribution in [3.8, 4) is 0 Å². The van der Waals surface area contributed by atoms with Gasteiger partial charge in [0.05, 0.1) is 10.8 Å². The van der Waals surface area contributed by atoms with Gasteiger partial charge in [-0.25, -0.2) is 0 Å². The highest BCUT2D eigenvalue weighted by molar-refractivity contribution is 7.85. The number of rotatable bonds is 9. The second-order valence-corrected chi connectivity index (χ2v) is 6.97. The number of nitrogens with one attached hydrogen (secondary N) is 2. The molecule has 4 nitrogen and oxygen atoms in total. The summed E-state index contributed by atoms with van der Waals surface area (Å²) in [5, 5.41) is 6.62. The fourth-order valence-electron chi connectivity index (χ4n) is 2.15. The van der Waals surface area contributed by atoms with Crippen molar-refractivity contribution in [1.82, 2.24) is 10.6 Å². The number of unbranched alkanes of at least 4 members (excludes halogenated alkanes) is 2. The summed E-state index contributed by atoms with van der Waals surface area (Å²) in [6.45, 7) is 5.03. The van der Waals surface area contributed by atoms with Crippen LogP contribution in [-0.2, 0) is 10.8 Å². The summed E-state index contributed by atoms with van der Waals surface area (Å²) in [6, 6.07) is 9.97. The molecule has 22 heavy (non-hydrogen) atoms. The average molecular weight is 324 g/mol. The van der Waals surface area contributed by atoms with E-state index in [0.717, 1.165) is 17.3 Å². The summed E-state index contributed by atoms with van der Waals surface area (Å²) < 4.78 is 12.1. The molecule has 5 heteroatoms. The average Bonchev–Trinajstić information content (AvgIpc) is 2.54. The lowest BCUT2D eigenvalue weighted by Gasteiger charge is -2.17. The smallest absolute Gasteiger partial charge is 0.191 e.